The van der Waals surface area contributed by atoms with E-state index in [1.54, 1.807) is 24.2 Å². The first-order valence-corrected chi connectivity index (χ1v) is 7.81. The van der Waals surface area contributed by atoms with E-state index in [2.05, 4.69) is 31.3 Å². The Morgan fingerprint density at radius 3 is 2.67 bits per heavy atom. The van der Waals surface area contributed by atoms with Gasteiger partial charge in [-0.05, 0) is 28.1 Å². The van der Waals surface area contributed by atoms with Crippen LogP contribution in [0.2, 0.25) is 0 Å². The predicted octanol–water partition coefficient (Wildman–Crippen LogP) is 2.21. The lowest BCUT2D eigenvalue weighted by Gasteiger charge is -2.40. The van der Waals surface area contributed by atoms with Gasteiger partial charge in [-0.2, -0.15) is 18.3 Å². The normalized spacial score (nSPS) is 15.3. The Kier molecular flexibility index (Phi) is 4.24. The van der Waals surface area contributed by atoms with Gasteiger partial charge in [-0.15, -0.1) is 0 Å². The van der Waals surface area contributed by atoms with Crippen molar-refractivity contribution in [3.05, 3.63) is 40.3 Å². The van der Waals surface area contributed by atoms with E-state index in [9.17, 15) is 18.0 Å². The molecule has 2 aromatic heterocycles. The van der Waals surface area contributed by atoms with Crippen molar-refractivity contribution in [3.8, 4) is 0 Å². The molecule has 0 spiro atoms. The van der Waals surface area contributed by atoms with Crippen LogP contribution in [-0.4, -0.2) is 39.8 Å². The minimum Gasteiger partial charge on any atom is -0.351 e. The van der Waals surface area contributed by atoms with E-state index in [-0.39, 0.29) is 16.4 Å². The Balaban J connectivity index is 1.59. The number of hydrogen-bond donors (Lipinski definition) is 1. The molecule has 1 fully saturated rings. The number of pyridine rings is 1. The molecule has 0 bridgehead atoms. The van der Waals surface area contributed by atoms with Crippen LogP contribution in [-0.2, 0) is 13.2 Å². The fourth-order valence-corrected chi connectivity index (χ4v) is 2.96. The van der Waals surface area contributed by atoms with Gasteiger partial charge in [-0.1, -0.05) is 0 Å². The van der Waals surface area contributed by atoms with E-state index in [4.69, 9.17) is 0 Å². The fourth-order valence-electron chi connectivity index (χ4n) is 2.36. The van der Waals surface area contributed by atoms with Crippen LogP contribution in [0.5, 0.6) is 0 Å². The number of nitrogens with zero attached hydrogens (tertiary/aromatic N) is 4. The Bertz CT molecular complexity index is 770. The van der Waals surface area contributed by atoms with Gasteiger partial charge in [0.05, 0.1) is 16.1 Å². The minimum atomic E-state index is -4.43. The molecule has 0 radical (unpaired) electrons. The number of carbonyl (C=O) groups excluding carboxylic acids is 1. The van der Waals surface area contributed by atoms with Gasteiger partial charge in [0, 0.05) is 32.5 Å². The van der Waals surface area contributed by atoms with Crippen molar-refractivity contribution >= 4 is 27.7 Å². The second-order valence-corrected chi connectivity index (χ2v) is 6.33. The molecule has 0 aromatic carbocycles. The zero-order valence-corrected chi connectivity index (χ0v) is 14.1. The Labute approximate surface area is 143 Å². The molecule has 2 aromatic rings. The quantitative estimate of drug-likeness (QED) is 0.853. The van der Waals surface area contributed by atoms with Crippen molar-refractivity contribution in [1.29, 1.82) is 0 Å². The third-order valence-electron chi connectivity index (χ3n) is 3.61. The first kappa shape index (κ1) is 16.7. The first-order valence-electron chi connectivity index (χ1n) is 7.02. The number of carbonyl (C=O) groups is 1. The van der Waals surface area contributed by atoms with Crippen molar-refractivity contribution in [3.63, 3.8) is 0 Å². The molecule has 128 valence electrons. The zero-order valence-electron chi connectivity index (χ0n) is 12.5. The van der Waals surface area contributed by atoms with Gasteiger partial charge in [0.15, 0.2) is 0 Å². The molecule has 0 aliphatic carbocycles. The molecule has 3 heterocycles. The van der Waals surface area contributed by atoms with Gasteiger partial charge in [-0.25, -0.2) is 4.98 Å². The van der Waals surface area contributed by atoms with Crippen molar-refractivity contribution in [2.75, 3.05) is 18.0 Å². The van der Waals surface area contributed by atoms with Crippen LogP contribution in [0.1, 0.15) is 16.1 Å². The number of nitrogens with one attached hydrogen (secondary N) is 1. The zero-order chi connectivity index (χ0) is 17.5. The summed E-state index contributed by atoms with van der Waals surface area (Å²) in [5, 5.41) is 6.83. The molecule has 1 aliphatic rings. The highest BCUT2D eigenvalue weighted by Crippen LogP contribution is 2.34. The standard InChI is InChI=1S/C14H13BrF3N5O/c1-22-3-2-11(21-22)13(24)20-9-6-23(7-9)12-10(15)4-8(5-19-12)14(16,17)18/h2-5,9H,6-7H2,1H3,(H,20,24). The average Bonchev–Trinajstić information content (AvgIpc) is 2.88. The van der Waals surface area contributed by atoms with E-state index in [0.717, 1.165) is 12.3 Å². The van der Waals surface area contributed by atoms with Crippen LogP contribution < -0.4 is 10.2 Å². The van der Waals surface area contributed by atoms with Crippen LogP contribution >= 0.6 is 15.9 Å². The van der Waals surface area contributed by atoms with Crippen LogP contribution in [0.25, 0.3) is 0 Å². The van der Waals surface area contributed by atoms with Crippen molar-refractivity contribution in [2.45, 2.75) is 12.2 Å². The Morgan fingerprint density at radius 2 is 2.12 bits per heavy atom. The maximum absolute atomic E-state index is 12.6. The van der Waals surface area contributed by atoms with Gasteiger partial charge in [0.1, 0.15) is 11.5 Å². The van der Waals surface area contributed by atoms with E-state index in [1.165, 1.54) is 4.68 Å². The molecule has 0 atom stereocenters. The number of aromatic nitrogens is 3. The molecule has 0 saturated carbocycles. The maximum atomic E-state index is 12.6. The van der Waals surface area contributed by atoms with E-state index >= 15 is 0 Å². The maximum Gasteiger partial charge on any atom is 0.417 e. The minimum absolute atomic E-state index is 0.101. The van der Waals surface area contributed by atoms with Gasteiger partial charge in [0.2, 0.25) is 0 Å². The summed E-state index contributed by atoms with van der Waals surface area (Å²) in [7, 11) is 1.72. The second-order valence-electron chi connectivity index (χ2n) is 5.48. The fraction of sp³-hybridized carbons (Fsp3) is 0.357. The molecular formula is C14H13BrF3N5O. The van der Waals surface area contributed by atoms with Crippen molar-refractivity contribution in [2.24, 2.45) is 7.05 Å². The summed E-state index contributed by atoms with van der Waals surface area (Å²) in [6.45, 7) is 0.936. The van der Waals surface area contributed by atoms with Gasteiger partial charge in [-0.3, -0.25) is 9.48 Å². The summed E-state index contributed by atoms with van der Waals surface area (Å²) in [5.74, 6) is 0.144. The number of rotatable bonds is 3. The topological polar surface area (TPSA) is 63.1 Å². The summed E-state index contributed by atoms with van der Waals surface area (Å²) in [6, 6.07) is 2.51. The largest absolute Gasteiger partial charge is 0.417 e. The summed E-state index contributed by atoms with van der Waals surface area (Å²) in [4.78, 5) is 17.6. The summed E-state index contributed by atoms with van der Waals surface area (Å²) < 4.78 is 39.7. The third-order valence-corrected chi connectivity index (χ3v) is 4.20. The SMILES string of the molecule is Cn1ccc(C(=O)NC2CN(c3ncc(C(F)(F)F)cc3Br)C2)n1. The molecule has 6 nitrogen and oxygen atoms in total. The molecule has 10 heteroatoms. The smallest absolute Gasteiger partial charge is 0.351 e. The summed E-state index contributed by atoms with van der Waals surface area (Å²) in [5.41, 5.74) is -0.483. The Morgan fingerprint density at radius 1 is 1.42 bits per heavy atom. The molecule has 3 rings (SSSR count). The molecular weight excluding hydrogens is 391 g/mol. The highest BCUT2D eigenvalue weighted by molar-refractivity contribution is 9.10. The first-order chi connectivity index (χ1) is 11.2. The number of halogens is 4. The number of aryl methyl sites for hydroxylation is 1. The number of hydrogen-bond acceptors (Lipinski definition) is 4. The third kappa shape index (κ3) is 3.37. The summed E-state index contributed by atoms with van der Waals surface area (Å²) in [6.07, 6.45) is -1.95. The lowest BCUT2D eigenvalue weighted by Crippen LogP contribution is -2.59. The van der Waals surface area contributed by atoms with Gasteiger partial charge >= 0.3 is 6.18 Å². The van der Waals surface area contributed by atoms with Crippen LogP contribution in [0.15, 0.2) is 29.0 Å². The van der Waals surface area contributed by atoms with E-state index in [0.29, 0.717) is 24.6 Å². The highest BCUT2D eigenvalue weighted by Gasteiger charge is 2.34. The second kappa shape index (κ2) is 6.08. The number of alkyl halides is 3. The van der Waals surface area contributed by atoms with Crippen LogP contribution in [0.4, 0.5) is 19.0 Å². The molecule has 1 saturated heterocycles. The lowest BCUT2D eigenvalue weighted by atomic mass is 10.1. The van der Waals surface area contributed by atoms with Crippen LogP contribution in [0, 0.1) is 0 Å². The summed E-state index contributed by atoms with van der Waals surface area (Å²) >= 11 is 3.12. The molecule has 1 aliphatic heterocycles. The Hall–Kier alpha value is -2.10. The molecule has 1 N–H and O–H groups in total. The van der Waals surface area contributed by atoms with Gasteiger partial charge < -0.3 is 10.2 Å². The highest BCUT2D eigenvalue weighted by atomic mass is 79.9. The van der Waals surface area contributed by atoms with Crippen LogP contribution in [0.3, 0.4) is 0 Å². The number of anilines is 1. The number of amides is 1. The molecule has 24 heavy (non-hydrogen) atoms. The lowest BCUT2D eigenvalue weighted by molar-refractivity contribution is -0.137. The monoisotopic (exact) mass is 403 g/mol. The molecule has 0 unspecified atom stereocenters. The average molecular weight is 404 g/mol. The van der Waals surface area contributed by atoms with Crippen molar-refractivity contribution in [1.82, 2.24) is 20.1 Å². The van der Waals surface area contributed by atoms with E-state index in [1.807, 2.05) is 0 Å². The van der Waals surface area contributed by atoms with Crippen molar-refractivity contribution < 1.29 is 18.0 Å². The molecule has 1 amide bonds. The predicted molar refractivity (Wildman–Crippen MR) is 83.6 cm³/mol. The van der Waals surface area contributed by atoms with Gasteiger partial charge in [0.25, 0.3) is 5.91 Å². The van der Waals surface area contributed by atoms with E-state index < -0.39 is 11.7 Å².